The normalized spacial score (nSPS) is 11.8. The number of nitrogens with one attached hydrogen (secondary N) is 1. The number of thiophene rings is 1. The number of nitro groups is 1. The van der Waals surface area contributed by atoms with Crippen molar-refractivity contribution >= 4 is 39.1 Å². The van der Waals surface area contributed by atoms with Gasteiger partial charge in [-0.05, 0) is 32.0 Å². The Bertz CT molecular complexity index is 1360. The van der Waals surface area contributed by atoms with E-state index < -0.39 is 22.6 Å². The van der Waals surface area contributed by atoms with Crippen LogP contribution in [0.1, 0.15) is 35.1 Å². The number of halogens is 3. The average Bonchev–Trinajstić information content (AvgIpc) is 3.41. The molecule has 0 atom stereocenters. The van der Waals surface area contributed by atoms with Gasteiger partial charge in [-0.2, -0.15) is 18.3 Å². The Morgan fingerprint density at radius 2 is 1.85 bits per heavy atom. The molecule has 1 N–H and O–H groups in total. The Hall–Kier alpha value is -3.87. The van der Waals surface area contributed by atoms with Crippen molar-refractivity contribution in [2.45, 2.75) is 26.1 Å². The first kappa shape index (κ1) is 22.3. The highest BCUT2D eigenvalue weighted by Crippen LogP contribution is 2.32. The van der Waals surface area contributed by atoms with Crippen molar-refractivity contribution in [3.05, 3.63) is 63.1 Å². The fraction of sp³-hybridized carbons (Fsp3) is 0.200. The molecule has 0 aliphatic heterocycles. The molecule has 170 valence electrons. The molecule has 0 radical (unpaired) electrons. The molecular formula is C20H15F3N6O3S. The second-order valence-electron chi connectivity index (χ2n) is 7.24. The number of carbonyl (C=O) groups excluding carboxylic acids is 1. The van der Waals surface area contributed by atoms with Crippen LogP contribution in [0.15, 0.2) is 42.6 Å². The fourth-order valence-corrected chi connectivity index (χ4v) is 3.77. The van der Waals surface area contributed by atoms with Crippen molar-refractivity contribution in [1.29, 1.82) is 0 Å². The van der Waals surface area contributed by atoms with Crippen molar-refractivity contribution in [2.24, 2.45) is 0 Å². The molecular weight excluding hydrogens is 461 g/mol. The third kappa shape index (κ3) is 4.39. The molecule has 1 aromatic carbocycles. The maximum Gasteiger partial charge on any atom is 0.416 e. The van der Waals surface area contributed by atoms with Crippen LogP contribution in [-0.2, 0) is 6.18 Å². The summed E-state index contributed by atoms with van der Waals surface area (Å²) in [5, 5.41) is 18.0. The molecule has 0 saturated carbocycles. The summed E-state index contributed by atoms with van der Waals surface area (Å²) in [7, 11) is 0. The van der Waals surface area contributed by atoms with Gasteiger partial charge in [0.15, 0.2) is 11.5 Å². The number of benzene rings is 1. The van der Waals surface area contributed by atoms with Crippen LogP contribution < -0.4 is 5.32 Å². The third-order valence-electron chi connectivity index (χ3n) is 4.64. The number of anilines is 1. The van der Waals surface area contributed by atoms with Gasteiger partial charge in [0.05, 0.1) is 26.9 Å². The van der Waals surface area contributed by atoms with Crippen molar-refractivity contribution in [3.63, 3.8) is 0 Å². The highest BCUT2D eigenvalue weighted by molar-refractivity contribution is 7.17. The zero-order valence-electron chi connectivity index (χ0n) is 17.1. The fourth-order valence-electron chi connectivity index (χ4n) is 3.05. The van der Waals surface area contributed by atoms with Gasteiger partial charge < -0.3 is 5.32 Å². The number of fused-ring (bicyclic) bond motifs is 1. The van der Waals surface area contributed by atoms with E-state index in [0.717, 1.165) is 12.1 Å². The first-order chi connectivity index (χ1) is 15.5. The summed E-state index contributed by atoms with van der Waals surface area (Å²) in [4.78, 5) is 31.9. The first-order valence-electron chi connectivity index (χ1n) is 9.53. The molecule has 0 saturated heterocycles. The highest BCUT2D eigenvalue weighted by atomic mass is 32.1. The van der Waals surface area contributed by atoms with Gasteiger partial charge in [0.25, 0.3) is 5.91 Å². The molecule has 1 amide bonds. The van der Waals surface area contributed by atoms with Crippen molar-refractivity contribution in [3.8, 4) is 11.4 Å². The predicted octanol–water partition coefficient (Wildman–Crippen LogP) is 5.32. The number of amides is 1. The smallest absolute Gasteiger partial charge is 0.305 e. The number of aromatic nitrogens is 4. The molecule has 0 fully saturated rings. The van der Waals surface area contributed by atoms with E-state index in [4.69, 9.17) is 0 Å². The summed E-state index contributed by atoms with van der Waals surface area (Å²) in [5.74, 6) is -0.447. The lowest BCUT2D eigenvalue weighted by molar-refractivity contribution is -0.380. The van der Waals surface area contributed by atoms with E-state index in [-0.39, 0.29) is 27.6 Å². The van der Waals surface area contributed by atoms with Crippen molar-refractivity contribution in [1.82, 2.24) is 19.7 Å². The summed E-state index contributed by atoms with van der Waals surface area (Å²) in [6.45, 7) is 3.74. The van der Waals surface area contributed by atoms with Crippen molar-refractivity contribution < 1.29 is 22.9 Å². The minimum absolute atomic E-state index is 0.0860. The van der Waals surface area contributed by atoms with Crippen LogP contribution in [0.4, 0.5) is 24.0 Å². The SMILES string of the molecule is CC(C)n1ncc2c(NC(=O)c3ccc([N+](=O)[O-])s3)nc(-c3ccc(C(F)(F)F)cc3)nc21. The van der Waals surface area contributed by atoms with Crippen LogP contribution in [-0.4, -0.2) is 30.6 Å². The number of rotatable bonds is 5. The minimum atomic E-state index is -4.48. The second-order valence-corrected chi connectivity index (χ2v) is 8.30. The Kier molecular flexibility index (Phi) is 5.57. The molecule has 0 spiro atoms. The van der Waals surface area contributed by atoms with Gasteiger partial charge in [-0.3, -0.25) is 14.9 Å². The van der Waals surface area contributed by atoms with Gasteiger partial charge in [-0.25, -0.2) is 14.6 Å². The van der Waals surface area contributed by atoms with Gasteiger partial charge in [-0.15, -0.1) is 0 Å². The van der Waals surface area contributed by atoms with Crippen LogP contribution in [0.5, 0.6) is 0 Å². The zero-order valence-corrected chi connectivity index (χ0v) is 17.9. The van der Waals surface area contributed by atoms with Crippen LogP contribution in [0.2, 0.25) is 0 Å². The number of carbonyl (C=O) groups is 1. The quantitative estimate of drug-likeness (QED) is 0.308. The van der Waals surface area contributed by atoms with Crippen molar-refractivity contribution in [2.75, 3.05) is 5.32 Å². The van der Waals surface area contributed by atoms with Gasteiger partial charge in [0.1, 0.15) is 5.82 Å². The van der Waals surface area contributed by atoms with Gasteiger partial charge in [0.2, 0.25) is 0 Å². The van der Waals surface area contributed by atoms with E-state index in [1.807, 2.05) is 13.8 Å². The van der Waals surface area contributed by atoms with E-state index >= 15 is 0 Å². The van der Waals surface area contributed by atoms with E-state index in [2.05, 4.69) is 20.4 Å². The molecule has 0 unspecified atom stereocenters. The van der Waals surface area contributed by atoms with E-state index in [0.29, 0.717) is 27.9 Å². The topological polar surface area (TPSA) is 116 Å². The summed E-state index contributed by atoms with van der Waals surface area (Å²) in [5.41, 5.74) is -0.126. The molecule has 4 rings (SSSR count). The minimum Gasteiger partial charge on any atom is -0.305 e. The zero-order chi connectivity index (χ0) is 23.9. The summed E-state index contributed by atoms with van der Waals surface area (Å²) >= 11 is 0.706. The maximum atomic E-state index is 12.9. The largest absolute Gasteiger partial charge is 0.416 e. The summed E-state index contributed by atoms with van der Waals surface area (Å²) in [6.07, 6.45) is -3.01. The Balaban J connectivity index is 1.78. The summed E-state index contributed by atoms with van der Waals surface area (Å²) < 4.78 is 40.4. The molecule has 0 aliphatic carbocycles. The van der Waals surface area contributed by atoms with Crippen LogP contribution in [0, 0.1) is 10.1 Å². The number of alkyl halides is 3. The predicted molar refractivity (Wildman–Crippen MR) is 115 cm³/mol. The third-order valence-corrected chi connectivity index (χ3v) is 5.68. The average molecular weight is 476 g/mol. The van der Waals surface area contributed by atoms with Gasteiger partial charge in [-0.1, -0.05) is 23.5 Å². The van der Waals surface area contributed by atoms with Crippen LogP contribution in [0.25, 0.3) is 22.4 Å². The molecule has 3 aromatic heterocycles. The molecule has 0 bridgehead atoms. The van der Waals surface area contributed by atoms with Gasteiger partial charge in [0, 0.05) is 17.7 Å². The van der Waals surface area contributed by atoms with Crippen LogP contribution in [0.3, 0.4) is 0 Å². The molecule has 4 aromatic rings. The Labute approximate surface area is 188 Å². The lowest BCUT2D eigenvalue weighted by atomic mass is 10.1. The number of hydrogen-bond donors (Lipinski definition) is 1. The standard InChI is InChI=1S/C20H15F3N6O3S/c1-10(2)28-18-13(9-24-28)17(27-19(30)14-7-8-15(33-14)29(31)32)25-16(26-18)11-3-5-12(6-4-11)20(21,22)23/h3-10H,1-2H3,(H,25,26,27,30). The Morgan fingerprint density at radius 1 is 1.15 bits per heavy atom. The van der Waals surface area contributed by atoms with E-state index in [1.54, 1.807) is 4.68 Å². The molecule has 13 heteroatoms. The maximum absolute atomic E-state index is 12.9. The molecule has 33 heavy (non-hydrogen) atoms. The molecule has 3 heterocycles. The number of nitrogens with zero attached hydrogens (tertiary/aromatic N) is 5. The lowest BCUT2D eigenvalue weighted by Crippen LogP contribution is -2.13. The molecule has 9 nitrogen and oxygen atoms in total. The summed E-state index contributed by atoms with van der Waals surface area (Å²) in [6, 6.07) is 6.78. The second kappa shape index (κ2) is 8.24. The Morgan fingerprint density at radius 3 is 2.42 bits per heavy atom. The van der Waals surface area contributed by atoms with Gasteiger partial charge >= 0.3 is 11.2 Å². The lowest BCUT2D eigenvalue weighted by Gasteiger charge is -2.11. The number of hydrogen-bond acceptors (Lipinski definition) is 7. The molecule has 0 aliphatic rings. The van der Waals surface area contributed by atoms with E-state index in [9.17, 15) is 28.1 Å². The van der Waals surface area contributed by atoms with Crippen LogP contribution >= 0.6 is 11.3 Å². The first-order valence-corrected chi connectivity index (χ1v) is 10.3. The monoisotopic (exact) mass is 476 g/mol. The van der Waals surface area contributed by atoms with E-state index in [1.165, 1.54) is 30.5 Å². The highest BCUT2D eigenvalue weighted by Gasteiger charge is 2.30.